The third-order valence-electron chi connectivity index (χ3n) is 4.38. The number of rotatable bonds is 8. The lowest BCUT2D eigenvalue weighted by atomic mass is 10.0. The SMILES string of the molecule is CCOC(=O)c1c(CO/N=C\c2ccc(OCC)cc2)nc2ccccc2c1C. The van der Waals surface area contributed by atoms with Crippen LogP contribution in [-0.4, -0.2) is 30.4 Å². The van der Waals surface area contributed by atoms with Gasteiger partial charge in [0.2, 0.25) is 0 Å². The summed E-state index contributed by atoms with van der Waals surface area (Å²) in [4.78, 5) is 22.5. The molecule has 0 aliphatic carbocycles. The molecule has 0 atom stereocenters. The van der Waals surface area contributed by atoms with Crippen LogP contribution in [0.15, 0.2) is 53.7 Å². The Balaban J connectivity index is 1.79. The summed E-state index contributed by atoms with van der Waals surface area (Å²) in [5.74, 6) is 0.401. The van der Waals surface area contributed by atoms with Gasteiger partial charge in [0.05, 0.1) is 36.2 Å². The van der Waals surface area contributed by atoms with E-state index in [0.29, 0.717) is 24.5 Å². The number of benzene rings is 2. The van der Waals surface area contributed by atoms with Crippen LogP contribution in [0.5, 0.6) is 5.75 Å². The zero-order valence-electron chi connectivity index (χ0n) is 16.8. The lowest BCUT2D eigenvalue weighted by Crippen LogP contribution is -2.13. The zero-order chi connectivity index (χ0) is 20.6. The van der Waals surface area contributed by atoms with Gasteiger partial charge in [-0.2, -0.15) is 0 Å². The smallest absolute Gasteiger partial charge is 0.340 e. The molecule has 0 amide bonds. The maximum Gasteiger partial charge on any atom is 0.340 e. The van der Waals surface area contributed by atoms with Crippen LogP contribution in [0.2, 0.25) is 0 Å². The maximum atomic E-state index is 12.5. The molecule has 0 saturated carbocycles. The van der Waals surface area contributed by atoms with E-state index in [1.165, 1.54) is 0 Å². The van der Waals surface area contributed by atoms with E-state index in [0.717, 1.165) is 27.8 Å². The zero-order valence-corrected chi connectivity index (χ0v) is 16.8. The number of aromatic nitrogens is 1. The van der Waals surface area contributed by atoms with E-state index in [1.54, 1.807) is 13.1 Å². The Labute approximate surface area is 170 Å². The van der Waals surface area contributed by atoms with Gasteiger partial charge in [0.15, 0.2) is 6.61 Å². The Hall–Kier alpha value is -3.41. The second-order valence-corrected chi connectivity index (χ2v) is 6.31. The molecule has 0 saturated heterocycles. The number of aryl methyl sites for hydroxylation is 1. The molecular formula is C23H24N2O4. The Bertz CT molecular complexity index is 1010. The first-order valence-corrected chi connectivity index (χ1v) is 9.57. The molecule has 6 heteroatoms. The molecule has 0 radical (unpaired) electrons. The number of nitrogens with zero attached hydrogens (tertiary/aromatic N) is 2. The minimum absolute atomic E-state index is 0.0628. The molecule has 3 aromatic rings. The van der Waals surface area contributed by atoms with Crippen molar-refractivity contribution < 1.29 is 19.1 Å². The van der Waals surface area contributed by atoms with Gasteiger partial charge >= 0.3 is 5.97 Å². The highest BCUT2D eigenvalue weighted by Crippen LogP contribution is 2.24. The third kappa shape index (κ3) is 4.90. The van der Waals surface area contributed by atoms with E-state index in [9.17, 15) is 4.79 Å². The summed E-state index contributed by atoms with van der Waals surface area (Å²) >= 11 is 0. The number of hydrogen-bond donors (Lipinski definition) is 0. The van der Waals surface area contributed by atoms with Gasteiger partial charge < -0.3 is 14.3 Å². The molecule has 0 aliphatic heterocycles. The van der Waals surface area contributed by atoms with Crippen LogP contribution in [0, 0.1) is 6.92 Å². The summed E-state index contributed by atoms with van der Waals surface area (Å²) in [6.45, 7) is 6.59. The fourth-order valence-electron chi connectivity index (χ4n) is 3.03. The van der Waals surface area contributed by atoms with E-state index in [2.05, 4.69) is 10.1 Å². The summed E-state index contributed by atoms with van der Waals surface area (Å²) in [6, 6.07) is 15.2. The lowest BCUT2D eigenvalue weighted by molar-refractivity contribution is 0.0517. The van der Waals surface area contributed by atoms with Crippen molar-refractivity contribution in [2.24, 2.45) is 5.16 Å². The van der Waals surface area contributed by atoms with Gasteiger partial charge in [0.1, 0.15) is 5.75 Å². The van der Waals surface area contributed by atoms with Crippen LogP contribution in [-0.2, 0) is 16.2 Å². The molecule has 1 heterocycles. The number of oxime groups is 1. The highest BCUT2D eigenvalue weighted by atomic mass is 16.6. The average Bonchev–Trinajstić information content (AvgIpc) is 2.73. The molecule has 29 heavy (non-hydrogen) atoms. The Morgan fingerprint density at radius 2 is 1.83 bits per heavy atom. The van der Waals surface area contributed by atoms with Gasteiger partial charge in [0.25, 0.3) is 0 Å². The van der Waals surface area contributed by atoms with Crippen molar-refractivity contribution in [2.45, 2.75) is 27.4 Å². The minimum Gasteiger partial charge on any atom is -0.494 e. The number of pyridine rings is 1. The van der Waals surface area contributed by atoms with Crippen molar-refractivity contribution in [1.29, 1.82) is 0 Å². The number of esters is 1. The molecular weight excluding hydrogens is 368 g/mol. The van der Waals surface area contributed by atoms with E-state index < -0.39 is 5.97 Å². The van der Waals surface area contributed by atoms with Gasteiger partial charge in [-0.15, -0.1) is 0 Å². The number of para-hydroxylation sites is 1. The van der Waals surface area contributed by atoms with Crippen molar-refractivity contribution in [3.63, 3.8) is 0 Å². The summed E-state index contributed by atoms with van der Waals surface area (Å²) < 4.78 is 10.6. The number of carbonyl (C=O) groups is 1. The van der Waals surface area contributed by atoms with Gasteiger partial charge in [-0.1, -0.05) is 23.4 Å². The van der Waals surface area contributed by atoms with Gasteiger partial charge in [-0.25, -0.2) is 9.78 Å². The summed E-state index contributed by atoms with van der Waals surface area (Å²) in [5, 5.41) is 4.92. The second kappa shape index (κ2) is 9.68. The fraction of sp³-hybridized carbons (Fsp3) is 0.261. The van der Waals surface area contributed by atoms with Crippen molar-refractivity contribution in [3.8, 4) is 5.75 Å². The molecule has 3 rings (SSSR count). The molecule has 0 bridgehead atoms. The van der Waals surface area contributed by atoms with Crippen molar-refractivity contribution in [1.82, 2.24) is 4.98 Å². The molecule has 0 fully saturated rings. The first-order valence-electron chi connectivity index (χ1n) is 9.57. The van der Waals surface area contributed by atoms with Crippen LogP contribution < -0.4 is 4.74 Å². The topological polar surface area (TPSA) is 70.0 Å². The molecule has 0 N–H and O–H groups in total. The van der Waals surface area contributed by atoms with Crippen molar-refractivity contribution >= 4 is 23.1 Å². The Kier molecular flexibility index (Phi) is 6.79. The van der Waals surface area contributed by atoms with Gasteiger partial charge in [-0.05, 0) is 62.2 Å². The minimum atomic E-state index is -0.405. The molecule has 0 spiro atoms. The summed E-state index contributed by atoms with van der Waals surface area (Å²) in [7, 11) is 0. The van der Waals surface area contributed by atoms with Crippen LogP contribution >= 0.6 is 0 Å². The van der Waals surface area contributed by atoms with Crippen molar-refractivity contribution in [2.75, 3.05) is 13.2 Å². The lowest BCUT2D eigenvalue weighted by Gasteiger charge is -2.13. The quantitative estimate of drug-likeness (QED) is 0.316. The first kappa shape index (κ1) is 20.3. The molecule has 2 aromatic carbocycles. The predicted molar refractivity (Wildman–Crippen MR) is 112 cm³/mol. The first-order chi connectivity index (χ1) is 14.1. The number of ether oxygens (including phenoxy) is 2. The molecule has 6 nitrogen and oxygen atoms in total. The predicted octanol–water partition coefficient (Wildman–Crippen LogP) is 4.67. The van der Waals surface area contributed by atoms with Crippen molar-refractivity contribution in [3.05, 3.63) is 70.9 Å². The van der Waals surface area contributed by atoms with Crippen LogP contribution in [0.4, 0.5) is 0 Å². The molecule has 0 aliphatic rings. The third-order valence-corrected chi connectivity index (χ3v) is 4.38. The van der Waals surface area contributed by atoms with Crippen LogP contribution in [0.25, 0.3) is 10.9 Å². The number of fused-ring (bicyclic) bond motifs is 1. The number of hydrogen-bond acceptors (Lipinski definition) is 6. The maximum absolute atomic E-state index is 12.5. The van der Waals surface area contributed by atoms with E-state index in [4.69, 9.17) is 14.3 Å². The summed E-state index contributed by atoms with van der Waals surface area (Å²) in [5.41, 5.74) is 3.43. The van der Waals surface area contributed by atoms with E-state index in [1.807, 2.05) is 62.4 Å². The van der Waals surface area contributed by atoms with Crippen LogP contribution in [0.3, 0.4) is 0 Å². The second-order valence-electron chi connectivity index (χ2n) is 6.31. The largest absolute Gasteiger partial charge is 0.494 e. The molecule has 1 aromatic heterocycles. The number of carbonyl (C=O) groups excluding carboxylic acids is 1. The summed E-state index contributed by atoms with van der Waals surface area (Å²) in [6.07, 6.45) is 1.60. The monoisotopic (exact) mass is 392 g/mol. The Morgan fingerprint density at radius 3 is 2.55 bits per heavy atom. The van der Waals surface area contributed by atoms with E-state index in [-0.39, 0.29) is 6.61 Å². The standard InChI is InChI=1S/C23H24N2O4/c1-4-27-18-12-10-17(11-13-18)14-24-29-15-21-22(23(26)28-5-2)16(3)19-8-6-7-9-20(19)25-21/h6-14H,4-5,15H2,1-3H3/b24-14-. The fourth-order valence-corrected chi connectivity index (χ4v) is 3.03. The highest BCUT2D eigenvalue weighted by molar-refractivity contribution is 5.98. The normalized spacial score (nSPS) is 11.0. The van der Waals surface area contributed by atoms with Crippen LogP contribution in [0.1, 0.15) is 41.0 Å². The molecule has 150 valence electrons. The molecule has 0 unspecified atom stereocenters. The average molecular weight is 392 g/mol. The Morgan fingerprint density at radius 1 is 1.07 bits per heavy atom. The van der Waals surface area contributed by atoms with Gasteiger partial charge in [0, 0.05) is 5.39 Å². The van der Waals surface area contributed by atoms with E-state index >= 15 is 0 Å². The highest BCUT2D eigenvalue weighted by Gasteiger charge is 2.20. The van der Waals surface area contributed by atoms with Gasteiger partial charge in [-0.3, -0.25) is 0 Å².